The Bertz CT molecular complexity index is 690. The van der Waals surface area contributed by atoms with E-state index in [0.29, 0.717) is 0 Å². The quantitative estimate of drug-likeness (QED) is 0.205. The van der Waals surface area contributed by atoms with Gasteiger partial charge in [-0.25, -0.2) is 0 Å². The average molecular weight is 417 g/mol. The molecule has 0 radical (unpaired) electrons. The Morgan fingerprint density at radius 3 is 1.32 bits per heavy atom. The van der Waals surface area contributed by atoms with Crippen LogP contribution in [-0.4, -0.2) is 22.7 Å². The van der Waals surface area contributed by atoms with Crippen molar-refractivity contribution in [2.45, 2.75) is 37.4 Å². The fraction of sp³-hybridized carbons (Fsp3) is 0.300. The van der Waals surface area contributed by atoms with E-state index in [4.69, 9.17) is 22.3 Å². The maximum absolute atomic E-state index is 8.06. The summed E-state index contributed by atoms with van der Waals surface area (Å²) in [6.07, 6.45) is 1.63. The van der Waals surface area contributed by atoms with Crippen molar-refractivity contribution >= 4 is 44.9 Å². The summed E-state index contributed by atoms with van der Waals surface area (Å²) >= 11 is 0. The Morgan fingerprint density at radius 2 is 1.07 bits per heavy atom. The number of benzene rings is 2. The molecule has 8 heteroatoms. The van der Waals surface area contributed by atoms with Crippen LogP contribution >= 0.6 is 21.6 Å². The third-order valence-electron chi connectivity index (χ3n) is 4.14. The Balaban J connectivity index is 2.19. The van der Waals surface area contributed by atoms with Gasteiger partial charge < -0.3 is 11.5 Å². The molecule has 28 heavy (non-hydrogen) atoms. The number of anilines is 2. The number of rotatable bonds is 9. The van der Waals surface area contributed by atoms with Crippen LogP contribution in [0.5, 0.6) is 0 Å². The van der Waals surface area contributed by atoms with Crippen molar-refractivity contribution in [2.24, 2.45) is 11.5 Å². The fourth-order valence-corrected chi connectivity index (χ4v) is 6.09. The minimum Gasteiger partial charge on any atom is -0.370 e. The summed E-state index contributed by atoms with van der Waals surface area (Å²) in [6, 6.07) is 19.5. The molecular formula is C20H28N6S2. The van der Waals surface area contributed by atoms with E-state index >= 15 is 0 Å². The summed E-state index contributed by atoms with van der Waals surface area (Å²) in [7, 11) is 3.31. The van der Waals surface area contributed by atoms with Crippen molar-refractivity contribution in [3.63, 3.8) is 0 Å². The summed E-state index contributed by atoms with van der Waals surface area (Å²) in [5.41, 5.74) is 13.6. The van der Waals surface area contributed by atoms with E-state index in [1.54, 1.807) is 21.6 Å². The third kappa shape index (κ3) is 5.59. The van der Waals surface area contributed by atoms with Crippen molar-refractivity contribution in [1.82, 2.24) is 0 Å². The molecule has 0 saturated heterocycles. The van der Waals surface area contributed by atoms with Crippen LogP contribution in [0, 0.1) is 10.8 Å². The van der Waals surface area contributed by atoms with Crippen molar-refractivity contribution in [3.05, 3.63) is 60.7 Å². The molecule has 0 aliphatic rings. The Hall–Kier alpha value is -2.32. The summed E-state index contributed by atoms with van der Waals surface area (Å²) in [5.74, 6) is 0.0383. The highest BCUT2D eigenvalue weighted by Gasteiger charge is 2.26. The maximum atomic E-state index is 8.06. The SMILES string of the molecule is CCC(SSC(CC)N(C(=N)N)c1ccccc1)N(C(=N)N)c1ccccc1. The second-order valence-electron chi connectivity index (χ2n) is 6.10. The molecule has 0 amide bonds. The van der Waals surface area contributed by atoms with Gasteiger partial charge in [-0.2, -0.15) is 0 Å². The molecule has 0 aliphatic heterocycles. The maximum Gasteiger partial charge on any atom is 0.193 e. The molecule has 150 valence electrons. The van der Waals surface area contributed by atoms with Gasteiger partial charge in [0.15, 0.2) is 11.9 Å². The van der Waals surface area contributed by atoms with Crippen molar-refractivity contribution in [2.75, 3.05) is 9.80 Å². The van der Waals surface area contributed by atoms with Gasteiger partial charge >= 0.3 is 0 Å². The summed E-state index contributed by atoms with van der Waals surface area (Å²) < 4.78 is 0. The first-order chi connectivity index (χ1) is 13.5. The number of para-hydroxylation sites is 2. The van der Waals surface area contributed by atoms with Gasteiger partial charge in [0.25, 0.3) is 0 Å². The highest BCUT2D eigenvalue weighted by molar-refractivity contribution is 8.77. The fourth-order valence-electron chi connectivity index (χ4n) is 2.81. The van der Waals surface area contributed by atoms with Crippen LogP contribution in [0.3, 0.4) is 0 Å². The molecule has 0 spiro atoms. The molecule has 0 aromatic heterocycles. The van der Waals surface area contributed by atoms with Crippen LogP contribution in [0.1, 0.15) is 26.7 Å². The van der Waals surface area contributed by atoms with Crippen LogP contribution in [-0.2, 0) is 0 Å². The van der Waals surface area contributed by atoms with E-state index in [2.05, 4.69) is 13.8 Å². The first-order valence-electron chi connectivity index (χ1n) is 9.18. The molecule has 2 unspecified atom stereocenters. The predicted molar refractivity (Wildman–Crippen MR) is 125 cm³/mol. The Kier molecular flexibility index (Phi) is 8.53. The highest BCUT2D eigenvalue weighted by atomic mass is 33.1. The summed E-state index contributed by atoms with van der Waals surface area (Å²) in [5, 5.41) is 16.1. The first-order valence-corrected chi connectivity index (χ1v) is 11.5. The van der Waals surface area contributed by atoms with Crippen LogP contribution in [0.15, 0.2) is 60.7 Å². The van der Waals surface area contributed by atoms with Gasteiger partial charge in [0.2, 0.25) is 0 Å². The van der Waals surface area contributed by atoms with E-state index in [1.807, 2.05) is 70.5 Å². The van der Waals surface area contributed by atoms with Crippen LogP contribution < -0.4 is 21.3 Å². The largest absolute Gasteiger partial charge is 0.370 e. The molecule has 6 N–H and O–H groups in total. The minimum absolute atomic E-state index is 0.0106. The monoisotopic (exact) mass is 416 g/mol. The summed E-state index contributed by atoms with van der Waals surface area (Å²) in [6.45, 7) is 4.16. The number of nitrogens with one attached hydrogen (secondary N) is 2. The predicted octanol–water partition coefficient (Wildman–Crippen LogP) is 4.64. The molecule has 0 aliphatic carbocycles. The lowest BCUT2D eigenvalue weighted by atomic mass is 10.3. The Morgan fingerprint density at radius 1 is 0.750 bits per heavy atom. The van der Waals surface area contributed by atoms with Crippen molar-refractivity contribution in [3.8, 4) is 0 Å². The van der Waals surface area contributed by atoms with Crippen LogP contribution in [0.4, 0.5) is 11.4 Å². The minimum atomic E-state index is -0.0106. The lowest BCUT2D eigenvalue weighted by molar-refractivity contribution is 0.834. The lowest BCUT2D eigenvalue weighted by Crippen LogP contribution is -2.44. The highest BCUT2D eigenvalue weighted by Crippen LogP contribution is 2.39. The zero-order valence-electron chi connectivity index (χ0n) is 16.2. The van der Waals surface area contributed by atoms with Crippen molar-refractivity contribution in [1.29, 1.82) is 10.8 Å². The molecule has 2 rings (SSSR count). The second kappa shape index (κ2) is 10.9. The summed E-state index contributed by atoms with van der Waals surface area (Å²) in [4.78, 5) is 3.68. The van der Waals surface area contributed by atoms with E-state index in [-0.39, 0.29) is 22.7 Å². The third-order valence-corrected chi connectivity index (χ3v) is 7.45. The van der Waals surface area contributed by atoms with E-state index in [1.165, 1.54) is 0 Å². The van der Waals surface area contributed by atoms with E-state index in [0.717, 1.165) is 24.2 Å². The molecule has 2 aromatic carbocycles. The average Bonchev–Trinajstić information content (AvgIpc) is 2.70. The molecule has 2 aromatic rings. The number of nitrogens with zero attached hydrogens (tertiary/aromatic N) is 2. The van der Waals surface area contributed by atoms with Gasteiger partial charge in [-0.05, 0) is 37.1 Å². The standard InChI is InChI=1S/C20H28N6S2/c1-3-17(25(19(21)22)15-11-7-5-8-12-15)27-28-18(4-2)26(20(23)24)16-13-9-6-10-14-16/h5-14,17-18H,3-4H2,1-2H3,(H3,21,22)(H3,23,24). The van der Waals surface area contributed by atoms with Gasteiger partial charge in [-0.3, -0.25) is 20.6 Å². The molecule has 0 saturated carbocycles. The van der Waals surface area contributed by atoms with E-state index < -0.39 is 0 Å². The number of nitrogens with two attached hydrogens (primary N) is 2. The lowest BCUT2D eigenvalue weighted by Gasteiger charge is -2.34. The smallest absolute Gasteiger partial charge is 0.193 e. The van der Waals surface area contributed by atoms with Crippen LogP contribution in [0.25, 0.3) is 0 Å². The molecule has 0 heterocycles. The molecule has 0 bridgehead atoms. The van der Waals surface area contributed by atoms with Gasteiger partial charge in [-0.1, -0.05) is 71.8 Å². The molecular weight excluding hydrogens is 388 g/mol. The van der Waals surface area contributed by atoms with Crippen molar-refractivity contribution < 1.29 is 0 Å². The molecule has 0 fully saturated rings. The number of hydrogen-bond donors (Lipinski definition) is 4. The topological polar surface area (TPSA) is 106 Å². The van der Waals surface area contributed by atoms with Gasteiger partial charge in [-0.15, -0.1) is 0 Å². The van der Waals surface area contributed by atoms with Gasteiger partial charge in [0.05, 0.1) is 10.7 Å². The van der Waals surface area contributed by atoms with Gasteiger partial charge in [0, 0.05) is 11.4 Å². The van der Waals surface area contributed by atoms with Crippen LogP contribution in [0.2, 0.25) is 0 Å². The Labute approximate surface area is 175 Å². The van der Waals surface area contributed by atoms with E-state index in [9.17, 15) is 0 Å². The second-order valence-corrected chi connectivity index (χ2v) is 8.73. The zero-order chi connectivity index (χ0) is 20.5. The van der Waals surface area contributed by atoms with Gasteiger partial charge in [0.1, 0.15) is 0 Å². The zero-order valence-corrected chi connectivity index (χ0v) is 17.8. The normalized spacial score (nSPS) is 12.8. The number of guanidine groups is 2. The number of hydrogen-bond acceptors (Lipinski definition) is 4. The first kappa shape index (κ1) is 22.0. The molecule has 6 nitrogen and oxygen atoms in total. The molecule has 2 atom stereocenters.